The summed E-state index contributed by atoms with van der Waals surface area (Å²) in [6, 6.07) is 0. The van der Waals surface area contributed by atoms with Crippen LogP contribution in [-0.2, 0) is 9.47 Å². The average Bonchev–Trinajstić information content (AvgIpc) is 3.53. The summed E-state index contributed by atoms with van der Waals surface area (Å²) >= 11 is 0. The van der Waals surface area contributed by atoms with E-state index in [1.165, 1.54) is 12.8 Å². The predicted octanol–water partition coefficient (Wildman–Crippen LogP) is 3.48. The highest BCUT2D eigenvalue weighted by Gasteiger charge is 2.35. The number of hydrogen-bond acceptors (Lipinski definition) is 8. The maximum Gasteiger partial charge on any atom is 0.332 e. The Morgan fingerprint density at radius 3 is 1.84 bits per heavy atom. The van der Waals surface area contributed by atoms with E-state index in [9.17, 15) is 10.1 Å². The molecule has 4 saturated heterocycles. The van der Waals surface area contributed by atoms with E-state index < -0.39 is 0 Å². The number of piperidine rings is 2. The fourth-order valence-corrected chi connectivity index (χ4v) is 6.02. The summed E-state index contributed by atoms with van der Waals surface area (Å²) in [5.74, 6) is 2.27. The monoisotopic (exact) mass is 445 g/mol. The summed E-state index contributed by atoms with van der Waals surface area (Å²) in [5, 5.41) is 11.9. The molecular weight excluding hydrogens is 410 g/mol. The zero-order chi connectivity index (χ0) is 22.1. The minimum Gasteiger partial charge on any atom is -0.378 e. The SMILES string of the molecule is Cc1nc(N2CCC(C3CCCO3)CC2)nc(N2CCC(C3CCCO3)CC2)c1[N+](=O)[O-]. The van der Waals surface area contributed by atoms with Gasteiger partial charge in [0.2, 0.25) is 11.8 Å². The van der Waals surface area contributed by atoms with Crippen LogP contribution in [0.2, 0.25) is 0 Å². The first-order valence-electron chi connectivity index (χ1n) is 12.4. The highest BCUT2D eigenvalue weighted by Crippen LogP contribution is 2.37. The summed E-state index contributed by atoms with van der Waals surface area (Å²) in [7, 11) is 0. The van der Waals surface area contributed by atoms with Crippen molar-refractivity contribution in [3.8, 4) is 0 Å². The van der Waals surface area contributed by atoms with Gasteiger partial charge in [0.05, 0.1) is 17.1 Å². The number of nitro groups is 1. The summed E-state index contributed by atoms with van der Waals surface area (Å²) in [4.78, 5) is 25.2. The minimum absolute atomic E-state index is 0.0542. The van der Waals surface area contributed by atoms with Gasteiger partial charge in [0, 0.05) is 39.4 Å². The third-order valence-electron chi connectivity index (χ3n) is 7.85. The van der Waals surface area contributed by atoms with Crippen LogP contribution in [0, 0.1) is 28.9 Å². The third-order valence-corrected chi connectivity index (χ3v) is 7.85. The quantitative estimate of drug-likeness (QED) is 0.502. The minimum atomic E-state index is -0.315. The number of aryl methyl sites for hydroxylation is 1. The molecule has 2 atom stereocenters. The molecule has 5 heterocycles. The molecule has 1 aromatic rings. The second-order valence-corrected chi connectivity index (χ2v) is 9.79. The number of nitrogens with zero attached hydrogens (tertiary/aromatic N) is 5. The van der Waals surface area contributed by atoms with Gasteiger partial charge < -0.3 is 19.3 Å². The van der Waals surface area contributed by atoms with Gasteiger partial charge in [-0.25, -0.2) is 4.98 Å². The normalized spacial score (nSPS) is 27.9. The van der Waals surface area contributed by atoms with Crippen LogP contribution in [0.4, 0.5) is 17.5 Å². The molecule has 0 N–H and O–H groups in total. The van der Waals surface area contributed by atoms with Crippen molar-refractivity contribution in [3.63, 3.8) is 0 Å². The van der Waals surface area contributed by atoms with Gasteiger partial charge in [0.15, 0.2) is 0 Å². The number of rotatable bonds is 5. The molecule has 5 rings (SSSR count). The standard InChI is InChI=1S/C23H35N5O4/c1-16-21(28(29)30)22(26-10-6-17(7-11-26)19-4-2-14-31-19)25-23(24-16)27-12-8-18(9-13-27)20-5-3-15-32-20/h17-20H,2-15H2,1H3. The fraction of sp³-hybridized carbons (Fsp3) is 0.826. The van der Waals surface area contributed by atoms with E-state index in [2.05, 4.69) is 14.8 Å². The lowest BCUT2D eigenvalue weighted by Crippen LogP contribution is -2.40. The average molecular weight is 446 g/mol. The summed E-state index contributed by atoms with van der Waals surface area (Å²) < 4.78 is 11.8. The van der Waals surface area contributed by atoms with E-state index in [0.717, 1.165) is 77.9 Å². The zero-order valence-electron chi connectivity index (χ0n) is 19.1. The topological polar surface area (TPSA) is 93.9 Å². The van der Waals surface area contributed by atoms with E-state index in [1.807, 2.05) is 0 Å². The Labute approximate surface area is 189 Å². The van der Waals surface area contributed by atoms with Crippen LogP contribution < -0.4 is 9.80 Å². The van der Waals surface area contributed by atoms with Crippen LogP contribution in [0.15, 0.2) is 0 Å². The molecule has 9 heteroatoms. The largest absolute Gasteiger partial charge is 0.378 e. The van der Waals surface area contributed by atoms with Crippen LogP contribution in [0.5, 0.6) is 0 Å². The third kappa shape index (κ3) is 4.41. The number of aromatic nitrogens is 2. The molecule has 0 bridgehead atoms. The second kappa shape index (κ2) is 9.47. The fourth-order valence-electron chi connectivity index (χ4n) is 6.02. The molecule has 9 nitrogen and oxygen atoms in total. The molecule has 32 heavy (non-hydrogen) atoms. The lowest BCUT2D eigenvalue weighted by atomic mass is 9.89. The van der Waals surface area contributed by atoms with E-state index in [0.29, 0.717) is 41.5 Å². The van der Waals surface area contributed by atoms with Crippen molar-refractivity contribution >= 4 is 17.5 Å². The summed E-state index contributed by atoms with van der Waals surface area (Å²) in [6.45, 7) is 6.82. The van der Waals surface area contributed by atoms with Crippen molar-refractivity contribution in [1.82, 2.24) is 9.97 Å². The van der Waals surface area contributed by atoms with E-state index in [1.54, 1.807) is 6.92 Å². The molecule has 0 spiro atoms. The molecule has 0 aliphatic carbocycles. The highest BCUT2D eigenvalue weighted by molar-refractivity contribution is 5.63. The zero-order valence-corrected chi connectivity index (χ0v) is 19.1. The van der Waals surface area contributed by atoms with Gasteiger partial charge >= 0.3 is 5.69 Å². The smallest absolute Gasteiger partial charge is 0.332 e. The molecule has 0 saturated carbocycles. The maximum absolute atomic E-state index is 11.9. The first-order chi connectivity index (χ1) is 15.6. The first-order valence-corrected chi connectivity index (χ1v) is 12.4. The van der Waals surface area contributed by atoms with Gasteiger partial charge in [-0.2, -0.15) is 4.98 Å². The summed E-state index contributed by atoms with van der Waals surface area (Å²) in [6.07, 6.45) is 9.50. The molecule has 4 aliphatic heterocycles. The first kappa shape index (κ1) is 21.8. The van der Waals surface area contributed by atoms with E-state index in [4.69, 9.17) is 14.5 Å². The van der Waals surface area contributed by atoms with E-state index >= 15 is 0 Å². The summed E-state index contributed by atoms with van der Waals surface area (Å²) in [5.41, 5.74) is 0.510. The van der Waals surface area contributed by atoms with Crippen LogP contribution in [0.3, 0.4) is 0 Å². The van der Waals surface area contributed by atoms with Crippen molar-refractivity contribution in [3.05, 3.63) is 15.8 Å². The Morgan fingerprint density at radius 1 is 0.844 bits per heavy atom. The van der Waals surface area contributed by atoms with Crippen molar-refractivity contribution in [2.24, 2.45) is 11.8 Å². The van der Waals surface area contributed by atoms with E-state index in [-0.39, 0.29) is 10.6 Å². The molecule has 0 radical (unpaired) electrons. The maximum atomic E-state index is 11.9. The van der Waals surface area contributed by atoms with Gasteiger partial charge in [-0.15, -0.1) is 0 Å². The molecule has 4 aliphatic rings. The van der Waals surface area contributed by atoms with Crippen molar-refractivity contribution in [2.75, 3.05) is 49.2 Å². The van der Waals surface area contributed by atoms with Crippen molar-refractivity contribution < 1.29 is 14.4 Å². The molecule has 176 valence electrons. The van der Waals surface area contributed by atoms with Crippen LogP contribution in [0.1, 0.15) is 57.1 Å². The molecule has 4 fully saturated rings. The molecule has 0 aromatic carbocycles. The van der Waals surface area contributed by atoms with Gasteiger partial charge in [-0.05, 0) is 70.1 Å². The molecule has 1 aromatic heterocycles. The Bertz CT molecular complexity index is 809. The lowest BCUT2D eigenvalue weighted by Gasteiger charge is -2.36. The van der Waals surface area contributed by atoms with Gasteiger partial charge in [0.1, 0.15) is 5.69 Å². The van der Waals surface area contributed by atoms with Crippen molar-refractivity contribution in [2.45, 2.75) is 70.5 Å². The Balaban J connectivity index is 1.30. The van der Waals surface area contributed by atoms with Crippen molar-refractivity contribution in [1.29, 1.82) is 0 Å². The molecule has 0 amide bonds. The highest BCUT2D eigenvalue weighted by atomic mass is 16.6. The molecular formula is C23H35N5O4. The lowest BCUT2D eigenvalue weighted by molar-refractivity contribution is -0.385. The van der Waals surface area contributed by atoms with Crippen LogP contribution in [0.25, 0.3) is 0 Å². The number of anilines is 2. The molecule has 2 unspecified atom stereocenters. The van der Waals surface area contributed by atoms with Gasteiger partial charge in [-0.3, -0.25) is 10.1 Å². The van der Waals surface area contributed by atoms with Crippen LogP contribution in [-0.4, -0.2) is 66.5 Å². The predicted molar refractivity (Wildman–Crippen MR) is 121 cm³/mol. The van der Waals surface area contributed by atoms with Crippen LogP contribution >= 0.6 is 0 Å². The number of hydrogen-bond donors (Lipinski definition) is 0. The van der Waals surface area contributed by atoms with Gasteiger partial charge in [0.25, 0.3) is 0 Å². The van der Waals surface area contributed by atoms with Gasteiger partial charge in [-0.1, -0.05) is 0 Å². The Kier molecular flexibility index (Phi) is 6.46. The second-order valence-electron chi connectivity index (χ2n) is 9.79. The number of ether oxygens (including phenoxy) is 2. The Hall–Kier alpha value is -2.00. The Morgan fingerprint density at radius 2 is 1.38 bits per heavy atom.